The van der Waals surface area contributed by atoms with Gasteiger partial charge in [0.2, 0.25) is 15.8 Å². The molecule has 11 heteroatoms. The fourth-order valence-electron chi connectivity index (χ4n) is 2.86. The van der Waals surface area contributed by atoms with Crippen LogP contribution in [0.2, 0.25) is 0 Å². The summed E-state index contributed by atoms with van der Waals surface area (Å²) in [6.45, 7) is 5.57. The van der Waals surface area contributed by atoms with Crippen LogP contribution in [0.25, 0.3) is 11.3 Å². The number of hydrogen-bond acceptors (Lipinski definition) is 7. The van der Waals surface area contributed by atoms with Crippen molar-refractivity contribution in [3.05, 3.63) is 53.8 Å². The molecule has 0 radical (unpaired) electrons. The molecule has 0 saturated heterocycles. The van der Waals surface area contributed by atoms with E-state index in [0.717, 1.165) is 11.3 Å². The minimum absolute atomic E-state index is 0.0493. The number of nitrogens with one attached hydrogen (secondary N) is 1. The molecule has 1 unspecified atom stereocenters. The molecule has 1 atom stereocenters. The number of aromatic nitrogens is 3. The summed E-state index contributed by atoms with van der Waals surface area (Å²) < 4.78 is 40.9. The number of hydrogen-bond donors (Lipinski definition) is 2. The maximum atomic E-state index is 14.4. The minimum Gasteiger partial charge on any atom is -0.465 e. The third kappa shape index (κ3) is 5.05. The highest BCUT2D eigenvalue weighted by molar-refractivity contribution is 7.93. The fraction of sp³-hybridized carbons (Fsp3) is 0.300. The summed E-state index contributed by atoms with van der Waals surface area (Å²) in [5.74, 6) is -0.849. The topological polar surface area (TPSA) is 122 Å². The molecule has 0 spiro atoms. The van der Waals surface area contributed by atoms with Gasteiger partial charge >= 0.3 is 6.09 Å². The van der Waals surface area contributed by atoms with E-state index >= 15 is 0 Å². The van der Waals surface area contributed by atoms with Crippen LogP contribution in [0, 0.1) is 11.4 Å². The van der Waals surface area contributed by atoms with Crippen LogP contribution in [0.15, 0.2) is 52.0 Å². The van der Waals surface area contributed by atoms with Crippen molar-refractivity contribution in [2.75, 3.05) is 0 Å². The first-order valence-electron chi connectivity index (χ1n) is 9.25. The van der Waals surface area contributed by atoms with Crippen molar-refractivity contribution >= 4 is 27.3 Å². The van der Waals surface area contributed by atoms with Gasteiger partial charge in [-0.05, 0) is 29.7 Å². The van der Waals surface area contributed by atoms with Gasteiger partial charge in [-0.2, -0.15) is 4.39 Å². The molecular weight excluding hydrogens is 443 g/mol. The SMILES string of the molecule is CC(C)(C)C(Cc1nc(-c2cccnc2F)c(S(=O)(=O)c2cccnc2)s1)NC(=O)O. The van der Waals surface area contributed by atoms with Gasteiger partial charge in [0.15, 0.2) is 4.21 Å². The molecule has 0 fully saturated rings. The second-order valence-electron chi connectivity index (χ2n) is 7.85. The van der Waals surface area contributed by atoms with E-state index in [4.69, 9.17) is 0 Å². The van der Waals surface area contributed by atoms with Gasteiger partial charge in [0.1, 0.15) is 5.69 Å². The van der Waals surface area contributed by atoms with E-state index in [1.807, 2.05) is 20.8 Å². The lowest BCUT2D eigenvalue weighted by atomic mass is 9.85. The number of rotatable bonds is 6. The third-order valence-electron chi connectivity index (χ3n) is 4.57. The first-order chi connectivity index (χ1) is 14.5. The standard InChI is InChI=1S/C20H21FN4O4S2/c1-20(2,3)14(24-19(26)27)10-15-25-16(13-7-5-9-23-17(13)21)18(30-15)31(28,29)12-6-4-8-22-11-12/h4-9,11,14,24H,10H2,1-3H3,(H,26,27). The van der Waals surface area contributed by atoms with Gasteiger partial charge in [0.05, 0.1) is 15.5 Å². The summed E-state index contributed by atoms with van der Waals surface area (Å²) in [5, 5.41) is 12.0. The molecule has 31 heavy (non-hydrogen) atoms. The monoisotopic (exact) mass is 464 g/mol. The molecule has 0 saturated carbocycles. The quantitative estimate of drug-likeness (QED) is 0.532. The summed E-state index contributed by atoms with van der Waals surface area (Å²) in [6.07, 6.45) is 2.86. The van der Waals surface area contributed by atoms with Crippen molar-refractivity contribution in [1.82, 2.24) is 20.3 Å². The Bertz CT molecular complexity index is 1190. The number of halogens is 1. The maximum Gasteiger partial charge on any atom is 0.404 e. The fourth-order valence-corrected chi connectivity index (χ4v) is 5.81. The number of pyridine rings is 2. The van der Waals surface area contributed by atoms with Gasteiger partial charge in [-0.3, -0.25) is 4.98 Å². The van der Waals surface area contributed by atoms with Crippen molar-refractivity contribution in [1.29, 1.82) is 0 Å². The van der Waals surface area contributed by atoms with Gasteiger partial charge < -0.3 is 10.4 Å². The van der Waals surface area contributed by atoms with Crippen LogP contribution in [0.3, 0.4) is 0 Å². The Kier molecular flexibility index (Phi) is 6.37. The molecule has 1 amide bonds. The lowest BCUT2D eigenvalue weighted by Crippen LogP contribution is -2.44. The lowest BCUT2D eigenvalue weighted by molar-refractivity contribution is 0.174. The number of carboxylic acid groups (broad SMARTS) is 1. The van der Waals surface area contributed by atoms with Gasteiger partial charge in [0.25, 0.3) is 0 Å². The predicted octanol–water partition coefficient (Wildman–Crippen LogP) is 3.80. The van der Waals surface area contributed by atoms with Crippen LogP contribution in [0.5, 0.6) is 0 Å². The van der Waals surface area contributed by atoms with E-state index in [1.165, 1.54) is 42.9 Å². The Labute approximate surface area is 183 Å². The molecule has 0 aliphatic carbocycles. The lowest BCUT2D eigenvalue weighted by Gasteiger charge is -2.29. The number of sulfone groups is 1. The summed E-state index contributed by atoms with van der Waals surface area (Å²) in [7, 11) is -4.05. The Hall–Kier alpha value is -2.92. The highest BCUT2D eigenvalue weighted by Gasteiger charge is 2.32. The second kappa shape index (κ2) is 8.67. The number of thiazole rings is 1. The molecule has 3 heterocycles. The van der Waals surface area contributed by atoms with Gasteiger partial charge in [-0.15, -0.1) is 11.3 Å². The molecule has 3 aromatic heterocycles. The Morgan fingerprint density at radius 3 is 2.55 bits per heavy atom. The van der Waals surface area contributed by atoms with Crippen LogP contribution < -0.4 is 5.32 Å². The van der Waals surface area contributed by atoms with Gasteiger partial charge in [-0.25, -0.2) is 23.2 Å². The molecule has 0 aromatic carbocycles. The van der Waals surface area contributed by atoms with E-state index in [2.05, 4.69) is 20.3 Å². The summed E-state index contributed by atoms with van der Waals surface area (Å²) >= 11 is 0.882. The Balaban J connectivity index is 2.15. The molecule has 0 aliphatic rings. The van der Waals surface area contributed by atoms with Crippen LogP contribution in [-0.4, -0.2) is 40.6 Å². The first-order valence-corrected chi connectivity index (χ1v) is 11.6. The molecule has 2 N–H and O–H groups in total. The molecule has 8 nitrogen and oxygen atoms in total. The number of carbonyl (C=O) groups is 1. The van der Waals surface area contributed by atoms with Crippen molar-refractivity contribution in [3.8, 4) is 11.3 Å². The zero-order valence-electron chi connectivity index (χ0n) is 17.0. The van der Waals surface area contributed by atoms with E-state index in [-0.39, 0.29) is 26.8 Å². The minimum atomic E-state index is -4.05. The number of amides is 1. The third-order valence-corrected chi connectivity index (χ3v) is 7.89. The predicted molar refractivity (Wildman–Crippen MR) is 113 cm³/mol. The second-order valence-corrected chi connectivity index (χ2v) is 11.1. The molecular formula is C20H21FN4O4S2. The summed E-state index contributed by atoms with van der Waals surface area (Å²) in [5.41, 5.74) is -0.574. The van der Waals surface area contributed by atoms with E-state index < -0.39 is 33.3 Å². The smallest absolute Gasteiger partial charge is 0.404 e. The normalized spacial score (nSPS) is 13.0. The summed E-state index contributed by atoms with van der Waals surface area (Å²) in [6, 6.07) is 5.24. The van der Waals surface area contributed by atoms with Gasteiger partial charge in [0, 0.05) is 31.1 Å². The average molecular weight is 465 g/mol. The molecule has 164 valence electrons. The van der Waals surface area contributed by atoms with Crippen LogP contribution in [0.1, 0.15) is 25.8 Å². The van der Waals surface area contributed by atoms with Crippen molar-refractivity contribution < 1.29 is 22.7 Å². The average Bonchev–Trinajstić information content (AvgIpc) is 3.12. The largest absolute Gasteiger partial charge is 0.465 e. The highest BCUT2D eigenvalue weighted by Crippen LogP contribution is 2.37. The zero-order chi connectivity index (χ0) is 22.8. The van der Waals surface area contributed by atoms with E-state index in [9.17, 15) is 22.7 Å². The molecule has 3 rings (SSSR count). The first kappa shape index (κ1) is 22.8. The van der Waals surface area contributed by atoms with Crippen LogP contribution in [0.4, 0.5) is 9.18 Å². The Morgan fingerprint density at radius 1 is 1.26 bits per heavy atom. The Morgan fingerprint density at radius 2 is 1.97 bits per heavy atom. The number of nitrogens with zero attached hydrogens (tertiary/aromatic N) is 3. The zero-order valence-corrected chi connectivity index (χ0v) is 18.7. The van der Waals surface area contributed by atoms with Gasteiger partial charge in [-0.1, -0.05) is 20.8 Å². The van der Waals surface area contributed by atoms with Crippen LogP contribution >= 0.6 is 11.3 Å². The highest BCUT2D eigenvalue weighted by atomic mass is 32.2. The summed E-state index contributed by atoms with van der Waals surface area (Å²) in [4.78, 5) is 23.1. The van der Waals surface area contributed by atoms with E-state index in [1.54, 1.807) is 0 Å². The van der Waals surface area contributed by atoms with Crippen molar-refractivity contribution in [2.45, 2.75) is 42.3 Å². The van der Waals surface area contributed by atoms with Crippen molar-refractivity contribution in [3.63, 3.8) is 0 Å². The maximum absolute atomic E-state index is 14.4. The van der Waals surface area contributed by atoms with Crippen molar-refractivity contribution in [2.24, 2.45) is 5.41 Å². The van der Waals surface area contributed by atoms with E-state index in [0.29, 0.717) is 5.01 Å². The molecule has 3 aromatic rings. The molecule has 0 aliphatic heterocycles. The molecule has 0 bridgehead atoms. The van der Waals surface area contributed by atoms with Crippen LogP contribution in [-0.2, 0) is 16.3 Å².